The average Bonchev–Trinajstić information content (AvgIpc) is 2.44. The van der Waals surface area contributed by atoms with Gasteiger partial charge in [0.2, 0.25) is 0 Å². The van der Waals surface area contributed by atoms with E-state index in [1.165, 1.54) is 44.9 Å². The largest absolute Gasteiger partial charge is 0.299 e. The van der Waals surface area contributed by atoms with E-state index >= 15 is 0 Å². The zero-order valence-corrected chi connectivity index (χ0v) is 10.3. The van der Waals surface area contributed by atoms with Gasteiger partial charge >= 0.3 is 0 Å². The second kappa shape index (κ2) is 3.92. The van der Waals surface area contributed by atoms with Crippen LogP contribution in [0, 0.1) is 10.8 Å². The van der Waals surface area contributed by atoms with E-state index in [0.717, 1.165) is 12.8 Å². The lowest BCUT2D eigenvalue weighted by Crippen LogP contribution is -2.34. The lowest BCUT2D eigenvalue weighted by molar-refractivity contribution is -0.129. The van der Waals surface area contributed by atoms with Crippen LogP contribution >= 0.6 is 0 Å². The minimum atomic E-state index is 0.117. The van der Waals surface area contributed by atoms with Gasteiger partial charge in [-0.1, -0.05) is 26.7 Å². The van der Waals surface area contributed by atoms with Gasteiger partial charge in [0.25, 0.3) is 0 Å². The van der Waals surface area contributed by atoms with Crippen LogP contribution in [0.5, 0.6) is 0 Å². The molecule has 0 aromatic rings. The third kappa shape index (κ3) is 1.98. The molecule has 0 heterocycles. The quantitative estimate of drug-likeness (QED) is 0.682. The Morgan fingerprint density at radius 1 is 1.13 bits per heavy atom. The summed E-state index contributed by atoms with van der Waals surface area (Å²) < 4.78 is 0. The molecule has 0 amide bonds. The molecule has 15 heavy (non-hydrogen) atoms. The van der Waals surface area contributed by atoms with Gasteiger partial charge in [0, 0.05) is 11.8 Å². The first-order chi connectivity index (χ1) is 7.10. The van der Waals surface area contributed by atoms with Gasteiger partial charge in [0.15, 0.2) is 0 Å². The number of fused-ring (bicyclic) bond motifs is 4. The summed E-state index contributed by atoms with van der Waals surface area (Å²) in [6.45, 7) is 4.61. The van der Waals surface area contributed by atoms with Crippen molar-refractivity contribution in [3.63, 3.8) is 0 Å². The summed E-state index contributed by atoms with van der Waals surface area (Å²) in [5.74, 6) is 0.595. The first kappa shape index (κ1) is 11.2. The van der Waals surface area contributed by atoms with Crippen molar-refractivity contribution in [1.82, 2.24) is 0 Å². The maximum absolute atomic E-state index is 12.2. The van der Waals surface area contributed by atoms with Gasteiger partial charge < -0.3 is 0 Å². The number of rotatable bonds is 3. The fourth-order valence-corrected chi connectivity index (χ4v) is 3.45. The first-order valence-corrected chi connectivity index (χ1v) is 6.64. The average molecular weight is 208 g/mol. The second-order valence-corrected chi connectivity index (χ2v) is 6.12. The second-order valence-electron chi connectivity index (χ2n) is 6.12. The molecule has 0 radical (unpaired) electrons. The van der Waals surface area contributed by atoms with Crippen LogP contribution in [-0.2, 0) is 4.79 Å². The van der Waals surface area contributed by atoms with Crippen LogP contribution in [0.15, 0.2) is 0 Å². The molecule has 2 bridgehead atoms. The highest BCUT2D eigenvalue weighted by Gasteiger charge is 2.47. The Labute approximate surface area is 93.6 Å². The van der Waals surface area contributed by atoms with Crippen LogP contribution in [-0.4, -0.2) is 5.78 Å². The van der Waals surface area contributed by atoms with Crippen molar-refractivity contribution < 1.29 is 4.79 Å². The molecule has 0 aliphatic heterocycles. The van der Waals surface area contributed by atoms with Crippen LogP contribution in [0.2, 0.25) is 0 Å². The fourth-order valence-electron chi connectivity index (χ4n) is 3.45. The molecule has 1 heteroatoms. The Hall–Kier alpha value is -0.330. The van der Waals surface area contributed by atoms with Crippen LogP contribution < -0.4 is 0 Å². The van der Waals surface area contributed by atoms with Crippen molar-refractivity contribution in [2.75, 3.05) is 0 Å². The van der Waals surface area contributed by atoms with Crippen molar-refractivity contribution in [3.8, 4) is 0 Å². The number of Topliss-reactive ketones (excluding diaryl/α,β-unsaturated/α-hetero) is 1. The number of carbonyl (C=O) groups is 1. The number of hydrogen-bond acceptors (Lipinski definition) is 1. The highest BCUT2D eigenvalue weighted by atomic mass is 16.1. The predicted octanol–water partition coefficient (Wildman–Crippen LogP) is 4.11. The molecule has 1 nitrogen and oxygen atoms in total. The summed E-state index contributed by atoms with van der Waals surface area (Å²) in [5.41, 5.74) is 0.619. The maximum Gasteiger partial charge on any atom is 0.139 e. The van der Waals surface area contributed by atoms with Crippen molar-refractivity contribution >= 4 is 5.78 Å². The Bertz CT molecular complexity index is 246. The smallest absolute Gasteiger partial charge is 0.139 e. The Balaban J connectivity index is 2.14. The first-order valence-electron chi connectivity index (χ1n) is 6.64. The van der Waals surface area contributed by atoms with Crippen LogP contribution in [0.1, 0.15) is 71.6 Å². The Morgan fingerprint density at radius 3 is 2.40 bits per heavy atom. The van der Waals surface area contributed by atoms with Gasteiger partial charge in [0.1, 0.15) is 5.78 Å². The summed E-state index contributed by atoms with van der Waals surface area (Å²) in [5, 5.41) is 0. The third-order valence-electron chi connectivity index (χ3n) is 4.97. The van der Waals surface area contributed by atoms with E-state index in [9.17, 15) is 4.79 Å². The molecule has 0 N–H and O–H groups in total. The third-order valence-corrected chi connectivity index (χ3v) is 4.97. The molecule has 0 unspecified atom stereocenters. The van der Waals surface area contributed by atoms with E-state index in [1.807, 2.05) is 0 Å². The van der Waals surface area contributed by atoms with Gasteiger partial charge in [-0.2, -0.15) is 0 Å². The van der Waals surface area contributed by atoms with Gasteiger partial charge in [0.05, 0.1) is 0 Å². The fraction of sp³-hybridized carbons (Fsp3) is 0.929. The van der Waals surface area contributed by atoms with Crippen LogP contribution in [0.4, 0.5) is 0 Å². The predicted molar refractivity (Wildman–Crippen MR) is 62.8 cm³/mol. The normalized spacial score (nSPS) is 40.5. The van der Waals surface area contributed by atoms with Crippen molar-refractivity contribution in [3.05, 3.63) is 0 Å². The maximum atomic E-state index is 12.2. The lowest BCUT2D eigenvalue weighted by Gasteiger charge is -2.40. The van der Waals surface area contributed by atoms with E-state index < -0.39 is 0 Å². The molecule has 3 rings (SSSR count). The number of ketones is 1. The molecular weight excluding hydrogens is 184 g/mol. The lowest BCUT2D eigenvalue weighted by atomic mass is 9.64. The molecule has 0 spiro atoms. The minimum Gasteiger partial charge on any atom is -0.299 e. The summed E-state index contributed by atoms with van der Waals surface area (Å²) in [6, 6.07) is 0. The Morgan fingerprint density at radius 2 is 1.80 bits per heavy atom. The number of unbranched alkanes of at least 4 members (excludes halogenated alkanes) is 1. The molecule has 0 aromatic heterocycles. The molecule has 3 aliphatic carbocycles. The molecule has 3 fully saturated rings. The molecular formula is C14H24O. The van der Waals surface area contributed by atoms with E-state index in [-0.39, 0.29) is 5.41 Å². The Kier molecular flexibility index (Phi) is 2.92. The topological polar surface area (TPSA) is 17.1 Å². The van der Waals surface area contributed by atoms with E-state index in [0.29, 0.717) is 11.2 Å². The van der Waals surface area contributed by atoms with Crippen LogP contribution in [0.25, 0.3) is 0 Å². The summed E-state index contributed by atoms with van der Waals surface area (Å²) in [6.07, 6.45) is 10.6. The molecule has 3 aliphatic rings. The van der Waals surface area contributed by atoms with Gasteiger partial charge in [-0.25, -0.2) is 0 Å². The zero-order chi connectivity index (χ0) is 10.9. The van der Waals surface area contributed by atoms with Crippen molar-refractivity contribution in [2.24, 2.45) is 10.8 Å². The van der Waals surface area contributed by atoms with Crippen molar-refractivity contribution in [2.45, 2.75) is 71.6 Å². The summed E-state index contributed by atoms with van der Waals surface area (Å²) in [4.78, 5) is 12.2. The summed E-state index contributed by atoms with van der Waals surface area (Å²) >= 11 is 0. The van der Waals surface area contributed by atoms with E-state index in [4.69, 9.17) is 0 Å². The molecule has 0 atom stereocenters. The number of hydrogen-bond donors (Lipinski definition) is 0. The zero-order valence-electron chi connectivity index (χ0n) is 10.3. The highest BCUT2D eigenvalue weighted by Crippen LogP contribution is 2.54. The number of carbonyl (C=O) groups excluding carboxylic acids is 1. The molecule has 86 valence electrons. The molecule has 0 aromatic carbocycles. The monoisotopic (exact) mass is 208 g/mol. The molecule has 3 saturated carbocycles. The van der Waals surface area contributed by atoms with E-state index in [2.05, 4.69) is 13.8 Å². The van der Waals surface area contributed by atoms with Gasteiger partial charge in [-0.3, -0.25) is 4.79 Å². The van der Waals surface area contributed by atoms with Crippen molar-refractivity contribution in [1.29, 1.82) is 0 Å². The van der Waals surface area contributed by atoms with Gasteiger partial charge in [-0.05, 0) is 43.9 Å². The molecule has 0 saturated heterocycles. The highest BCUT2D eigenvalue weighted by molar-refractivity contribution is 5.85. The SMILES string of the molecule is CCCCC12CCC(C)(CCC1=O)CC2. The van der Waals surface area contributed by atoms with Gasteiger partial charge in [-0.15, -0.1) is 0 Å². The van der Waals surface area contributed by atoms with Crippen LogP contribution in [0.3, 0.4) is 0 Å². The standard InChI is InChI=1S/C14H24O/c1-3-4-6-14-10-8-13(2,9-11-14)7-5-12(14)15/h3-11H2,1-2H3. The minimum absolute atomic E-state index is 0.117. The van der Waals surface area contributed by atoms with E-state index in [1.54, 1.807) is 0 Å². The summed E-state index contributed by atoms with van der Waals surface area (Å²) in [7, 11) is 0.